The lowest BCUT2D eigenvalue weighted by molar-refractivity contribution is 0.0981. The zero-order valence-electron chi connectivity index (χ0n) is 24.4. The number of benzene rings is 5. The minimum atomic E-state index is -4.09. The van der Waals surface area contributed by atoms with Crippen molar-refractivity contribution in [2.75, 3.05) is 21.3 Å². The molecule has 0 saturated heterocycles. The molecule has 224 valence electrons. The molecule has 0 radical (unpaired) electrons. The molecule has 0 aliphatic rings. The van der Waals surface area contributed by atoms with E-state index in [9.17, 15) is 13.2 Å². The molecule has 0 unspecified atom stereocenters. The van der Waals surface area contributed by atoms with Crippen molar-refractivity contribution < 1.29 is 32.2 Å². The van der Waals surface area contributed by atoms with Crippen LogP contribution >= 0.6 is 0 Å². The summed E-state index contributed by atoms with van der Waals surface area (Å²) in [4.78, 5) is 12.8. The third-order valence-corrected chi connectivity index (χ3v) is 8.30. The summed E-state index contributed by atoms with van der Waals surface area (Å²) in [6.45, 7) is 0. The number of rotatable bonds is 11. The molecule has 0 aliphatic carbocycles. The van der Waals surface area contributed by atoms with Crippen molar-refractivity contribution in [1.82, 2.24) is 4.72 Å². The highest BCUT2D eigenvalue weighted by atomic mass is 32.2. The van der Waals surface area contributed by atoms with Crippen LogP contribution in [0.3, 0.4) is 0 Å². The minimum absolute atomic E-state index is 0.0178. The number of carbonyl (C=O) groups excluding carboxylic acids is 1. The lowest BCUT2D eigenvalue weighted by Crippen LogP contribution is -2.30. The van der Waals surface area contributed by atoms with E-state index in [0.29, 0.717) is 29.4 Å². The van der Waals surface area contributed by atoms with Crippen LogP contribution in [0.5, 0.6) is 28.7 Å². The topological polar surface area (TPSA) is 100 Å². The number of amides is 1. The summed E-state index contributed by atoms with van der Waals surface area (Å²) in [6, 6.07) is 33.7. The maximum Gasteiger partial charge on any atom is 0.264 e. The Balaban J connectivity index is 1.23. The molecule has 0 aliphatic heterocycles. The normalized spacial score (nSPS) is 11.0. The maximum atomic E-state index is 13.0. The van der Waals surface area contributed by atoms with Gasteiger partial charge in [0.1, 0.15) is 11.5 Å². The van der Waals surface area contributed by atoms with Crippen molar-refractivity contribution in [3.63, 3.8) is 0 Å². The molecule has 0 heterocycles. The number of methoxy groups -OCH3 is 3. The zero-order valence-corrected chi connectivity index (χ0v) is 25.3. The van der Waals surface area contributed by atoms with Crippen molar-refractivity contribution in [2.45, 2.75) is 11.3 Å². The molecule has 1 N–H and O–H groups in total. The molecule has 0 spiro atoms. The van der Waals surface area contributed by atoms with Gasteiger partial charge in [-0.1, -0.05) is 60.7 Å². The first kappa shape index (κ1) is 30.2. The Kier molecular flexibility index (Phi) is 9.16. The van der Waals surface area contributed by atoms with Crippen LogP contribution in [0.2, 0.25) is 0 Å². The predicted octanol–water partition coefficient (Wildman–Crippen LogP) is 6.88. The molecule has 5 aromatic carbocycles. The highest BCUT2D eigenvalue weighted by molar-refractivity contribution is 7.90. The molecule has 1 amide bonds. The molecule has 8 nitrogen and oxygen atoms in total. The number of hydrogen-bond donors (Lipinski definition) is 1. The van der Waals surface area contributed by atoms with Crippen molar-refractivity contribution in [2.24, 2.45) is 0 Å². The van der Waals surface area contributed by atoms with Gasteiger partial charge in [-0.25, -0.2) is 13.1 Å². The summed E-state index contributed by atoms with van der Waals surface area (Å²) in [5.41, 5.74) is 3.69. The summed E-state index contributed by atoms with van der Waals surface area (Å²) < 4.78 is 50.3. The van der Waals surface area contributed by atoms with Crippen molar-refractivity contribution in [1.29, 1.82) is 0 Å². The highest BCUT2D eigenvalue weighted by Crippen LogP contribution is 2.40. The van der Waals surface area contributed by atoms with E-state index >= 15 is 0 Å². The van der Waals surface area contributed by atoms with Crippen molar-refractivity contribution in [3.8, 4) is 39.9 Å². The van der Waals surface area contributed by atoms with E-state index in [1.165, 1.54) is 12.1 Å². The summed E-state index contributed by atoms with van der Waals surface area (Å²) in [5, 5.41) is 0. The second-order valence-corrected chi connectivity index (χ2v) is 11.4. The number of sulfonamides is 1. The Hall–Kier alpha value is -5.28. The van der Waals surface area contributed by atoms with E-state index in [-0.39, 0.29) is 10.5 Å². The Morgan fingerprint density at radius 3 is 1.82 bits per heavy atom. The SMILES string of the molecule is COc1ccc(Cc2ccc(C(=O)NS(=O)(=O)c3ccc(-c4ccc(Oc5ccccc5)cc4)cc3)cc2)c(OC)c1OC. The first-order chi connectivity index (χ1) is 21.3. The molecule has 44 heavy (non-hydrogen) atoms. The van der Waals surface area contributed by atoms with E-state index in [1.807, 2.05) is 60.7 Å². The van der Waals surface area contributed by atoms with Gasteiger partial charge in [-0.2, -0.15) is 0 Å². The monoisotopic (exact) mass is 609 g/mol. The molecular formula is C35H31NO7S. The molecule has 0 aromatic heterocycles. The van der Waals surface area contributed by atoms with Crippen LogP contribution in [0, 0.1) is 0 Å². The number of para-hydroxylation sites is 1. The predicted molar refractivity (Wildman–Crippen MR) is 168 cm³/mol. The van der Waals surface area contributed by atoms with Gasteiger partial charge in [0.2, 0.25) is 5.75 Å². The second kappa shape index (κ2) is 13.4. The van der Waals surface area contributed by atoms with Gasteiger partial charge in [0, 0.05) is 17.5 Å². The quantitative estimate of drug-likeness (QED) is 0.174. The average molecular weight is 610 g/mol. The van der Waals surface area contributed by atoms with Crippen LogP contribution < -0.4 is 23.7 Å². The zero-order chi connectivity index (χ0) is 31.1. The van der Waals surface area contributed by atoms with Gasteiger partial charge in [-0.3, -0.25) is 4.79 Å². The van der Waals surface area contributed by atoms with Gasteiger partial charge in [-0.15, -0.1) is 0 Å². The number of hydrogen-bond acceptors (Lipinski definition) is 7. The minimum Gasteiger partial charge on any atom is -0.493 e. The van der Waals surface area contributed by atoms with Gasteiger partial charge in [0.05, 0.1) is 26.2 Å². The molecule has 0 atom stereocenters. The molecule has 5 rings (SSSR count). The fourth-order valence-electron chi connectivity index (χ4n) is 4.70. The standard InChI is InChI=1S/C35H31NO7S/c1-40-32-22-17-28(33(41-2)34(32)42-3)23-24-9-11-27(12-10-24)35(37)36-44(38,39)31-20-15-26(16-21-31)25-13-18-30(19-14-25)43-29-7-5-4-6-8-29/h4-22H,23H2,1-3H3,(H,36,37). The van der Waals surface area contributed by atoms with Crippen molar-refractivity contribution >= 4 is 15.9 Å². The van der Waals surface area contributed by atoms with Crippen LogP contribution in [0.25, 0.3) is 11.1 Å². The number of carbonyl (C=O) groups is 1. The first-order valence-corrected chi connectivity index (χ1v) is 15.2. The van der Waals surface area contributed by atoms with E-state index in [2.05, 4.69) is 4.72 Å². The highest BCUT2D eigenvalue weighted by Gasteiger charge is 2.20. The Morgan fingerprint density at radius 2 is 1.23 bits per heavy atom. The van der Waals surface area contributed by atoms with Gasteiger partial charge >= 0.3 is 0 Å². The summed E-state index contributed by atoms with van der Waals surface area (Å²) in [5.74, 6) is 2.31. The van der Waals surface area contributed by atoms with E-state index in [0.717, 1.165) is 28.0 Å². The van der Waals surface area contributed by atoms with Gasteiger partial charge in [0.15, 0.2) is 11.5 Å². The van der Waals surface area contributed by atoms with Gasteiger partial charge < -0.3 is 18.9 Å². The van der Waals surface area contributed by atoms with E-state index in [1.54, 1.807) is 63.8 Å². The summed E-state index contributed by atoms with van der Waals surface area (Å²) >= 11 is 0. The van der Waals surface area contributed by atoms with Crippen LogP contribution in [0.4, 0.5) is 0 Å². The van der Waals surface area contributed by atoms with Crippen molar-refractivity contribution in [3.05, 3.63) is 132 Å². The molecule has 0 fully saturated rings. The van der Waals surface area contributed by atoms with Crippen LogP contribution in [0.1, 0.15) is 21.5 Å². The molecule has 5 aromatic rings. The lowest BCUT2D eigenvalue weighted by atomic mass is 10.0. The van der Waals surface area contributed by atoms with Crippen LogP contribution in [-0.4, -0.2) is 35.7 Å². The molecule has 9 heteroatoms. The van der Waals surface area contributed by atoms with E-state index < -0.39 is 15.9 Å². The van der Waals surface area contributed by atoms with Gasteiger partial charge in [-0.05, 0) is 71.3 Å². The Bertz CT molecular complexity index is 1840. The first-order valence-electron chi connectivity index (χ1n) is 13.7. The Morgan fingerprint density at radius 1 is 0.636 bits per heavy atom. The summed E-state index contributed by atoms with van der Waals surface area (Å²) in [7, 11) is 0.564. The maximum absolute atomic E-state index is 13.0. The largest absolute Gasteiger partial charge is 0.493 e. The lowest BCUT2D eigenvalue weighted by Gasteiger charge is -2.16. The second-order valence-electron chi connectivity index (χ2n) is 9.77. The average Bonchev–Trinajstić information content (AvgIpc) is 3.05. The smallest absolute Gasteiger partial charge is 0.264 e. The third-order valence-electron chi connectivity index (χ3n) is 6.95. The third kappa shape index (κ3) is 6.85. The molecule has 0 bridgehead atoms. The van der Waals surface area contributed by atoms with E-state index in [4.69, 9.17) is 18.9 Å². The fourth-order valence-corrected chi connectivity index (χ4v) is 5.68. The summed E-state index contributed by atoms with van der Waals surface area (Å²) in [6.07, 6.45) is 0.499. The van der Waals surface area contributed by atoms with Gasteiger partial charge in [0.25, 0.3) is 15.9 Å². The molecule has 0 saturated carbocycles. The molecular weight excluding hydrogens is 578 g/mol. The number of ether oxygens (including phenoxy) is 4. The van der Waals surface area contributed by atoms with Crippen LogP contribution in [0.15, 0.2) is 120 Å². The fraction of sp³-hybridized carbons (Fsp3) is 0.114. The Labute approximate surface area is 256 Å². The van der Waals surface area contributed by atoms with Crippen LogP contribution in [-0.2, 0) is 16.4 Å². The number of nitrogens with one attached hydrogen (secondary N) is 1.